The highest BCUT2D eigenvalue weighted by molar-refractivity contribution is 6.07. The van der Waals surface area contributed by atoms with Gasteiger partial charge in [-0.2, -0.15) is 13.2 Å². The van der Waals surface area contributed by atoms with Crippen molar-refractivity contribution in [2.24, 2.45) is 0 Å². The number of carbonyl (C=O) groups is 2. The predicted octanol–water partition coefficient (Wildman–Crippen LogP) is 4.41. The molecule has 0 amide bonds. The van der Waals surface area contributed by atoms with Gasteiger partial charge in [-0.25, -0.2) is 0 Å². The minimum absolute atomic E-state index is 0.146. The van der Waals surface area contributed by atoms with E-state index in [1.54, 1.807) is 24.3 Å². The van der Waals surface area contributed by atoms with Gasteiger partial charge in [0.05, 0.1) is 5.56 Å². The summed E-state index contributed by atoms with van der Waals surface area (Å²) in [5.74, 6) is -0.436. The average Bonchev–Trinajstić information content (AvgIpc) is 2.52. The summed E-state index contributed by atoms with van der Waals surface area (Å²) < 4.78 is 37.3. The second-order valence-corrected chi connectivity index (χ2v) is 4.52. The summed E-state index contributed by atoms with van der Waals surface area (Å²) >= 11 is 0. The van der Waals surface area contributed by atoms with Crippen LogP contribution in [0.15, 0.2) is 54.6 Å². The molecule has 0 atom stereocenters. The number of hydrogen-bond acceptors (Lipinski definition) is 2. The lowest BCUT2D eigenvalue weighted by Crippen LogP contribution is -2.05. The second-order valence-electron chi connectivity index (χ2n) is 4.52. The van der Waals surface area contributed by atoms with Crippen molar-refractivity contribution in [1.29, 1.82) is 0 Å². The van der Waals surface area contributed by atoms with Crippen LogP contribution in [0.4, 0.5) is 13.2 Å². The molecule has 0 radical (unpaired) electrons. The first kappa shape index (κ1) is 15.7. The second kappa shape index (κ2) is 6.39. The van der Waals surface area contributed by atoms with Gasteiger partial charge < -0.3 is 0 Å². The predicted molar refractivity (Wildman–Crippen MR) is 76.6 cm³/mol. The minimum Gasteiger partial charge on any atom is -0.298 e. The van der Waals surface area contributed by atoms with E-state index in [2.05, 4.69) is 0 Å². The molecule has 112 valence electrons. The van der Waals surface area contributed by atoms with E-state index in [-0.39, 0.29) is 5.56 Å². The number of allylic oxidation sites excluding steroid dienone is 1. The number of aldehydes is 1. The van der Waals surface area contributed by atoms with Gasteiger partial charge in [0.15, 0.2) is 12.1 Å². The van der Waals surface area contributed by atoms with E-state index < -0.39 is 17.5 Å². The molecular formula is C17H11F3O2. The quantitative estimate of drug-likeness (QED) is 0.476. The van der Waals surface area contributed by atoms with Gasteiger partial charge in [-0.15, -0.1) is 0 Å². The molecule has 0 fully saturated rings. The van der Waals surface area contributed by atoms with E-state index in [4.69, 9.17) is 0 Å². The van der Waals surface area contributed by atoms with Crippen molar-refractivity contribution in [3.63, 3.8) is 0 Å². The number of ketones is 1. The van der Waals surface area contributed by atoms with E-state index in [0.29, 0.717) is 17.4 Å². The van der Waals surface area contributed by atoms with Crippen LogP contribution < -0.4 is 0 Å². The molecule has 0 N–H and O–H groups in total. The van der Waals surface area contributed by atoms with Crippen molar-refractivity contribution in [3.05, 3.63) is 76.9 Å². The zero-order chi connectivity index (χ0) is 16.2. The zero-order valence-corrected chi connectivity index (χ0v) is 11.3. The molecule has 0 aromatic heterocycles. The van der Waals surface area contributed by atoms with Crippen LogP contribution in [0.5, 0.6) is 0 Å². The van der Waals surface area contributed by atoms with Gasteiger partial charge in [0.2, 0.25) is 0 Å². The maximum absolute atomic E-state index is 12.4. The molecule has 0 heterocycles. The van der Waals surface area contributed by atoms with Crippen molar-refractivity contribution in [2.75, 3.05) is 0 Å². The Morgan fingerprint density at radius 3 is 2.05 bits per heavy atom. The molecule has 0 unspecified atom stereocenters. The molecule has 2 aromatic carbocycles. The van der Waals surface area contributed by atoms with Crippen molar-refractivity contribution in [2.45, 2.75) is 6.18 Å². The fraction of sp³-hybridized carbons (Fsp3) is 0.0588. The third-order valence-electron chi connectivity index (χ3n) is 3.03. The van der Waals surface area contributed by atoms with Crippen LogP contribution in [0.3, 0.4) is 0 Å². The van der Waals surface area contributed by atoms with Gasteiger partial charge in [0, 0.05) is 11.1 Å². The van der Waals surface area contributed by atoms with Crippen molar-refractivity contribution < 1.29 is 22.8 Å². The van der Waals surface area contributed by atoms with E-state index in [9.17, 15) is 22.8 Å². The summed E-state index contributed by atoms with van der Waals surface area (Å²) in [7, 11) is 0. The molecule has 0 saturated carbocycles. The van der Waals surface area contributed by atoms with Crippen LogP contribution in [0.1, 0.15) is 31.8 Å². The van der Waals surface area contributed by atoms with E-state index in [1.807, 2.05) is 0 Å². The van der Waals surface area contributed by atoms with Gasteiger partial charge in [-0.3, -0.25) is 9.59 Å². The fourth-order valence-corrected chi connectivity index (χ4v) is 1.86. The molecule has 0 spiro atoms. The lowest BCUT2D eigenvalue weighted by Gasteiger charge is -2.06. The standard InChI is InChI=1S/C17H11F3O2/c18-17(19,20)15-8-5-13(6-9-15)16(22)10-7-12-3-1-2-4-14(12)11-21/h1-11H/b10-7+. The summed E-state index contributed by atoms with van der Waals surface area (Å²) in [6.45, 7) is 0. The summed E-state index contributed by atoms with van der Waals surface area (Å²) in [5.41, 5.74) is 0.337. The molecule has 2 rings (SSSR count). The van der Waals surface area contributed by atoms with Crippen molar-refractivity contribution in [3.8, 4) is 0 Å². The van der Waals surface area contributed by atoms with E-state index in [1.165, 1.54) is 12.2 Å². The van der Waals surface area contributed by atoms with Crippen LogP contribution >= 0.6 is 0 Å². The number of alkyl halides is 3. The lowest BCUT2D eigenvalue weighted by molar-refractivity contribution is -0.137. The Morgan fingerprint density at radius 2 is 1.50 bits per heavy atom. The lowest BCUT2D eigenvalue weighted by atomic mass is 10.0. The molecule has 5 heteroatoms. The van der Waals surface area contributed by atoms with Gasteiger partial charge >= 0.3 is 6.18 Å². The number of rotatable bonds is 4. The Balaban J connectivity index is 2.18. The number of hydrogen-bond donors (Lipinski definition) is 0. The van der Waals surface area contributed by atoms with Gasteiger partial charge in [0.1, 0.15) is 0 Å². The van der Waals surface area contributed by atoms with Crippen LogP contribution in [-0.4, -0.2) is 12.1 Å². The normalized spacial score (nSPS) is 11.6. The summed E-state index contributed by atoms with van der Waals surface area (Å²) in [6.07, 6.45) is -1.07. The molecule has 0 bridgehead atoms. The minimum atomic E-state index is -4.43. The van der Waals surface area contributed by atoms with Crippen LogP contribution in [-0.2, 0) is 6.18 Å². The summed E-state index contributed by atoms with van der Waals surface area (Å²) in [6, 6.07) is 10.7. The molecule has 2 aromatic rings. The highest BCUT2D eigenvalue weighted by Crippen LogP contribution is 2.29. The number of benzene rings is 2. The zero-order valence-electron chi connectivity index (χ0n) is 11.3. The first-order valence-corrected chi connectivity index (χ1v) is 6.35. The summed E-state index contributed by atoms with van der Waals surface area (Å²) in [4.78, 5) is 22.8. The Morgan fingerprint density at radius 1 is 0.909 bits per heavy atom. The van der Waals surface area contributed by atoms with Gasteiger partial charge in [-0.05, 0) is 23.8 Å². The SMILES string of the molecule is O=Cc1ccccc1/C=C/C(=O)c1ccc(C(F)(F)F)cc1. The summed E-state index contributed by atoms with van der Waals surface area (Å²) in [5, 5.41) is 0. The average molecular weight is 304 g/mol. The first-order valence-electron chi connectivity index (χ1n) is 6.35. The largest absolute Gasteiger partial charge is 0.416 e. The van der Waals surface area contributed by atoms with Crippen LogP contribution in [0.2, 0.25) is 0 Å². The van der Waals surface area contributed by atoms with E-state index in [0.717, 1.165) is 24.3 Å². The van der Waals surface area contributed by atoms with Crippen molar-refractivity contribution >= 4 is 18.1 Å². The number of carbonyl (C=O) groups excluding carboxylic acids is 2. The van der Waals surface area contributed by atoms with Crippen LogP contribution in [0.25, 0.3) is 6.08 Å². The Hall–Kier alpha value is -2.69. The topological polar surface area (TPSA) is 34.1 Å². The maximum atomic E-state index is 12.4. The molecular weight excluding hydrogens is 293 g/mol. The molecule has 0 aliphatic carbocycles. The molecule has 2 nitrogen and oxygen atoms in total. The fourth-order valence-electron chi connectivity index (χ4n) is 1.86. The Bertz CT molecular complexity index is 713. The monoisotopic (exact) mass is 304 g/mol. The molecule has 0 aliphatic heterocycles. The molecule has 0 aliphatic rings. The first-order chi connectivity index (χ1) is 10.4. The highest BCUT2D eigenvalue weighted by Gasteiger charge is 2.30. The maximum Gasteiger partial charge on any atom is 0.416 e. The Labute approximate surface area is 124 Å². The van der Waals surface area contributed by atoms with Crippen LogP contribution in [0, 0.1) is 0 Å². The molecule has 0 saturated heterocycles. The third kappa shape index (κ3) is 3.69. The smallest absolute Gasteiger partial charge is 0.298 e. The van der Waals surface area contributed by atoms with Crippen molar-refractivity contribution in [1.82, 2.24) is 0 Å². The molecule has 22 heavy (non-hydrogen) atoms. The number of halogens is 3. The third-order valence-corrected chi connectivity index (χ3v) is 3.03. The van der Waals surface area contributed by atoms with Gasteiger partial charge in [-0.1, -0.05) is 42.5 Å². The Kier molecular flexibility index (Phi) is 4.56. The van der Waals surface area contributed by atoms with E-state index >= 15 is 0 Å². The highest BCUT2D eigenvalue weighted by atomic mass is 19.4. The van der Waals surface area contributed by atoms with Gasteiger partial charge in [0.25, 0.3) is 0 Å².